The molecule has 1 N–H and O–H groups in total. The maximum atomic E-state index is 13.1. The summed E-state index contributed by atoms with van der Waals surface area (Å²) in [4.78, 5) is 17.9. The van der Waals surface area contributed by atoms with E-state index in [9.17, 15) is 10.1 Å². The highest BCUT2D eigenvalue weighted by atomic mass is 35.5. The van der Waals surface area contributed by atoms with E-state index in [2.05, 4.69) is 26.3 Å². The average molecular weight is 505 g/mol. The average Bonchev–Trinajstić information content (AvgIpc) is 3.31. The summed E-state index contributed by atoms with van der Waals surface area (Å²) in [6.45, 7) is 7.39. The van der Waals surface area contributed by atoms with Crippen molar-refractivity contribution in [2.24, 2.45) is 0 Å². The molecule has 2 fully saturated rings. The lowest BCUT2D eigenvalue weighted by Crippen LogP contribution is -2.49. The Morgan fingerprint density at radius 3 is 2.47 bits per heavy atom. The van der Waals surface area contributed by atoms with Crippen LogP contribution in [0.2, 0.25) is 5.02 Å². The van der Waals surface area contributed by atoms with Crippen molar-refractivity contribution in [2.75, 3.05) is 49.6 Å². The van der Waals surface area contributed by atoms with Gasteiger partial charge >= 0.3 is 0 Å². The smallest absolute Gasteiger partial charge is 0.259 e. The van der Waals surface area contributed by atoms with Crippen LogP contribution in [0.1, 0.15) is 34.5 Å². The van der Waals surface area contributed by atoms with Crippen LogP contribution < -0.4 is 10.2 Å². The maximum absolute atomic E-state index is 13.1. The fourth-order valence-electron chi connectivity index (χ4n) is 5.03. The molecule has 9 heteroatoms. The van der Waals surface area contributed by atoms with E-state index in [1.54, 1.807) is 16.8 Å². The summed E-state index contributed by atoms with van der Waals surface area (Å²) >= 11 is 5.98. The molecule has 1 aromatic heterocycles. The summed E-state index contributed by atoms with van der Waals surface area (Å²) in [5, 5.41) is 17.7. The summed E-state index contributed by atoms with van der Waals surface area (Å²) < 4.78 is 7.18. The Morgan fingerprint density at radius 2 is 1.78 bits per heavy atom. The van der Waals surface area contributed by atoms with Gasteiger partial charge in [-0.2, -0.15) is 10.4 Å². The molecule has 8 nitrogen and oxygen atoms in total. The molecule has 0 saturated carbocycles. The van der Waals surface area contributed by atoms with E-state index in [0.29, 0.717) is 33.6 Å². The van der Waals surface area contributed by atoms with Crippen LogP contribution in [-0.2, 0) is 4.74 Å². The molecule has 2 aliphatic heterocycles. The molecule has 0 atom stereocenters. The van der Waals surface area contributed by atoms with Gasteiger partial charge in [0.15, 0.2) is 0 Å². The van der Waals surface area contributed by atoms with Gasteiger partial charge in [-0.3, -0.25) is 9.69 Å². The number of hydrogen-bond donors (Lipinski definition) is 1. The zero-order valence-electron chi connectivity index (χ0n) is 20.3. The van der Waals surface area contributed by atoms with E-state index < -0.39 is 0 Å². The summed E-state index contributed by atoms with van der Waals surface area (Å²) in [6.07, 6.45) is 3.73. The van der Waals surface area contributed by atoms with Gasteiger partial charge in [-0.25, -0.2) is 4.68 Å². The predicted molar refractivity (Wildman–Crippen MR) is 140 cm³/mol. The molecule has 0 unspecified atom stereocenters. The van der Waals surface area contributed by atoms with Gasteiger partial charge in [0.1, 0.15) is 6.07 Å². The second kappa shape index (κ2) is 10.7. The van der Waals surface area contributed by atoms with E-state index >= 15 is 0 Å². The number of halogens is 1. The first kappa shape index (κ1) is 24.3. The van der Waals surface area contributed by atoms with Crippen LogP contribution in [0.5, 0.6) is 0 Å². The molecular formula is C27H29ClN6O2. The SMILES string of the molecule is Cc1c(C(=O)Nc2ccc(N3CCC(N4CCOCC4)CC3)cc2C#N)cnn1-c1ccc(Cl)cc1. The molecule has 2 aromatic carbocycles. The Morgan fingerprint density at radius 1 is 1.08 bits per heavy atom. The van der Waals surface area contributed by atoms with Crippen molar-refractivity contribution in [2.45, 2.75) is 25.8 Å². The third-order valence-corrected chi connectivity index (χ3v) is 7.34. The number of anilines is 2. The van der Waals surface area contributed by atoms with Crippen LogP contribution in [0.15, 0.2) is 48.7 Å². The molecule has 3 heterocycles. The Hall–Kier alpha value is -3.38. The van der Waals surface area contributed by atoms with Crippen molar-refractivity contribution in [3.63, 3.8) is 0 Å². The van der Waals surface area contributed by atoms with Crippen LogP contribution in [0, 0.1) is 18.3 Å². The molecule has 36 heavy (non-hydrogen) atoms. The summed E-state index contributed by atoms with van der Waals surface area (Å²) in [6, 6.07) is 15.8. The standard InChI is InChI=1S/C27H29ClN6O2/c1-19-25(18-30-34(19)23-4-2-21(28)3-5-23)27(35)31-26-7-6-24(16-20(26)17-29)32-10-8-22(9-11-32)33-12-14-36-15-13-33/h2-7,16,18,22H,8-15H2,1H3,(H,31,35). The van der Waals surface area contributed by atoms with Crippen LogP contribution in [0.3, 0.4) is 0 Å². The van der Waals surface area contributed by atoms with Gasteiger partial charge in [-0.1, -0.05) is 11.6 Å². The molecule has 3 aromatic rings. The minimum atomic E-state index is -0.303. The number of carbonyl (C=O) groups excluding carboxylic acids is 1. The van der Waals surface area contributed by atoms with Gasteiger partial charge in [0, 0.05) is 42.9 Å². The van der Waals surface area contributed by atoms with Crippen LogP contribution >= 0.6 is 11.6 Å². The van der Waals surface area contributed by atoms with Crippen molar-refractivity contribution >= 4 is 28.9 Å². The summed E-state index contributed by atoms with van der Waals surface area (Å²) in [5.41, 5.74) is 3.91. The normalized spacial score (nSPS) is 17.1. The number of benzene rings is 2. The van der Waals surface area contributed by atoms with E-state index in [4.69, 9.17) is 16.3 Å². The van der Waals surface area contributed by atoms with Crippen molar-refractivity contribution in [3.05, 3.63) is 70.5 Å². The molecule has 0 spiro atoms. The minimum absolute atomic E-state index is 0.303. The molecule has 2 saturated heterocycles. The first-order valence-electron chi connectivity index (χ1n) is 12.3. The monoisotopic (exact) mass is 504 g/mol. The highest BCUT2D eigenvalue weighted by Crippen LogP contribution is 2.28. The largest absolute Gasteiger partial charge is 0.379 e. The molecule has 186 valence electrons. The number of amides is 1. The molecule has 0 radical (unpaired) electrons. The van der Waals surface area contributed by atoms with Crippen molar-refractivity contribution in [3.8, 4) is 11.8 Å². The third-order valence-electron chi connectivity index (χ3n) is 7.09. The first-order chi connectivity index (χ1) is 17.5. The van der Waals surface area contributed by atoms with Crippen molar-refractivity contribution < 1.29 is 9.53 Å². The van der Waals surface area contributed by atoms with Gasteiger partial charge in [-0.05, 0) is 62.2 Å². The topological polar surface area (TPSA) is 86.4 Å². The van der Waals surface area contributed by atoms with Crippen LogP contribution in [0.25, 0.3) is 5.69 Å². The Labute approximate surface area is 216 Å². The number of piperidine rings is 1. The highest BCUT2D eigenvalue weighted by molar-refractivity contribution is 6.30. The number of nitrogens with one attached hydrogen (secondary N) is 1. The number of aromatic nitrogens is 2. The molecule has 0 aliphatic carbocycles. The van der Waals surface area contributed by atoms with Gasteiger partial charge in [0.2, 0.25) is 0 Å². The number of rotatable bonds is 5. The predicted octanol–water partition coefficient (Wildman–Crippen LogP) is 4.26. The molecular weight excluding hydrogens is 476 g/mol. The Bertz CT molecular complexity index is 1270. The maximum Gasteiger partial charge on any atom is 0.259 e. The van der Waals surface area contributed by atoms with Gasteiger partial charge in [0.25, 0.3) is 5.91 Å². The second-order valence-corrected chi connectivity index (χ2v) is 9.63. The Kier molecular flexibility index (Phi) is 7.23. The highest BCUT2D eigenvalue weighted by Gasteiger charge is 2.26. The number of ether oxygens (including phenoxy) is 1. The van der Waals surface area contributed by atoms with Gasteiger partial charge < -0.3 is 15.0 Å². The third kappa shape index (κ3) is 5.09. The number of nitrogens with zero attached hydrogens (tertiary/aromatic N) is 5. The quantitative estimate of drug-likeness (QED) is 0.558. The molecule has 0 bridgehead atoms. The number of morpholine rings is 1. The van der Waals surface area contributed by atoms with E-state index in [1.807, 2.05) is 37.3 Å². The number of carbonyl (C=O) groups is 1. The summed E-state index contributed by atoms with van der Waals surface area (Å²) in [7, 11) is 0. The van der Waals surface area contributed by atoms with Gasteiger partial charge in [0.05, 0.1) is 47.6 Å². The zero-order valence-corrected chi connectivity index (χ0v) is 21.0. The number of nitriles is 1. The molecule has 1 amide bonds. The fourth-order valence-corrected chi connectivity index (χ4v) is 5.15. The van der Waals surface area contributed by atoms with Crippen molar-refractivity contribution in [1.82, 2.24) is 14.7 Å². The van der Waals surface area contributed by atoms with Crippen LogP contribution in [0.4, 0.5) is 11.4 Å². The minimum Gasteiger partial charge on any atom is -0.379 e. The zero-order chi connectivity index (χ0) is 25.1. The fraction of sp³-hybridized carbons (Fsp3) is 0.370. The number of hydrogen-bond acceptors (Lipinski definition) is 6. The lowest BCUT2D eigenvalue weighted by Gasteiger charge is -2.40. The van der Waals surface area contributed by atoms with Crippen LogP contribution in [-0.4, -0.2) is 66.0 Å². The lowest BCUT2D eigenvalue weighted by molar-refractivity contribution is 0.0115. The van der Waals surface area contributed by atoms with E-state index in [0.717, 1.165) is 63.6 Å². The molecule has 5 rings (SSSR count). The molecule has 2 aliphatic rings. The van der Waals surface area contributed by atoms with E-state index in [1.165, 1.54) is 6.20 Å². The Balaban J connectivity index is 1.26. The van der Waals surface area contributed by atoms with E-state index in [-0.39, 0.29) is 5.91 Å². The summed E-state index contributed by atoms with van der Waals surface area (Å²) in [5.74, 6) is -0.303. The first-order valence-corrected chi connectivity index (χ1v) is 12.6. The van der Waals surface area contributed by atoms with Crippen molar-refractivity contribution in [1.29, 1.82) is 5.26 Å². The van der Waals surface area contributed by atoms with Gasteiger partial charge in [-0.15, -0.1) is 0 Å². The lowest BCUT2D eigenvalue weighted by atomic mass is 10.0. The second-order valence-electron chi connectivity index (χ2n) is 9.19.